The lowest BCUT2D eigenvalue weighted by molar-refractivity contribution is -0.136. The molecule has 186 valence electrons. The van der Waals surface area contributed by atoms with E-state index in [1.54, 1.807) is 12.4 Å². The molecule has 0 bridgehead atoms. The number of carboxylic acid groups (broad SMARTS) is 1. The number of aromatic nitrogens is 1. The third-order valence-corrected chi connectivity index (χ3v) is 7.72. The zero-order valence-electron chi connectivity index (χ0n) is 21.9. The van der Waals surface area contributed by atoms with Crippen LogP contribution in [0.1, 0.15) is 73.4 Å². The average molecular weight is 482 g/mol. The molecule has 0 radical (unpaired) electrons. The van der Waals surface area contributed by atoms with Crippen LogP contribution in [0.4, 0.5) is 0 Å². The third-order valence-electron chi connectivity index (χ3n) is 7.72. The summed E-state index contributed by atoms with van der Waals surface area (Å²) in [6.45, 7) is 11.6. The molecular weight excluding hydrogens is 446 g/mol. The van der Waals surface area contributed by atoms with Gasteiger partial charge in [0.15, 0.2) is 5.60 Å². The first-order valence-corrected chi connectivity index (χ1v) is 12.8. The molecule has 1 saturated heterocycles. The van der Waals surface area contributed by atoms with Crippen LogP contribution in [0, 0.1) is 25.7 Å². The molecule has 3 aromatic rings. The Morgan fingerprint density at radius 1 is 1.03 bits per heavy atom. The summed E-state index contributed by atoms with van der Waals surface area (Å²) in [7, 11) is 0. The summed E-state index contributed by atoms with van der Waals surface area (Å²) in [6.07, 6.45) is 6.28. The quantitative estimate of drug-likeness (QED) is 0.290. The molecule has 1 N–H and O–H groups in total. The molecule has 0 aliphatic carbocycles. The molecule has 4 heteroatoms. The standard InChI is InChI=1S/C32H35NO3/c1-6-31(21-36-31)14-13-25-9-10-27(15-22(25)4)32(7-2,8-3)28-11-12-29(23(5)16-28)26-17-24(18-30(34)35)19-33-20-26/h9-12,15-17,19-20H,6-8,18,21H2,1-5H3,(H,34,35). The fourth-order valence-electron chi connectivity index (χ4n) is 5.16. The summed E-state index contributed by atoms with van der Waals surface area (Å²) in [5, 5.41) is 9.15. The van der Waals surface area contributed by atoms with Crippen LogP contribution in [-0.2, 0) is 21.4 Å². The van der Waals surface area contributed by atoms with E-state index in [0.717, 1.165) is 48.1 Å². The molecule has 1 aliphatic rings. The maximum atomic E-state index is 11.1. The molecule has 2 aromatic carbocycles. The molecule has 2 heterocycles. The summed E-state index contributed by atoms with van der Waals surface area (Å²) in [4.78, 5) is 15.4. The van der Waals surface area contributed by atoms with E-state index in [2.05, 4.69) is 87.8 Å². The summed E-state index contributed by atoms with van der Waals surface area (Å²) in [6, 6.07) is 15.3. The van der Waals surface area contributed by atoms with Crippen LogP contribution in [0.15, 0.2) is 54.9 Å². The minimum absolute atomic E-state index is 0.0288. The Labute approximate surface area is 214 Å². The van der Waals surface area contributed by atoms with E-state index in [1.807, 2.05) is 6.07 Å². The van der Waals surface area contributed by atoms with Crippen molar-refractivity contribution in [2.24, 2.45) is 0 Å². The highest BCUT2D eigenvalue weighted by Crippen LogP contribution is 2.41. The molecule has 4 rings (SSSR count). The van der Waals surface area contributed by atoms with Gasteiger partial charge < -0.3 is 9.84 Å². The van der Waals surface area contributed by atoms with Crippen molar-refractivity contribution in [2.75, 3.05) is 6.61 Å². The molecule has 0 saturated carbocycles. The van der Waals surface area contributed by atoms with Crippen LogP contribution in [0.5, 0.6) is 0 Å². The molecule has 1 fully saturated rings. The third kappa shape index (κ3) is 5.08. The second-order valence-electron chi connectivity index (χ2n) is 9.89. The molecule has 0 amide bonds. The van der Waals surface area contributed by atoms with Crippen LogP contribution < -0.4 is 0 Å². The largest absolute Gasteiger partial charge is 0.481 e. The number of pyridine rings is 1. The maximum Gasteiger partial charge on any atom is 0.307 e. The van der Waals surface area contributed by atoms with Gasteiger partial charge in [-0.2, -0.15) is 0 Å². The first kappa shape index (κ1) is 25.7. The van der Waals surface area contributed by atoms with Crippen LogP contribution in [0.25, 0.3) is 11.1 Å². The predicted octanol–water partition coefficient (Wildman–Crippen LogP) is 6.63. The number of ether oxygens (including phenoxy) is 1. The van der Waals surface area contributed by atoms with Crippen molar-refractivity contribution in [2.45, 2.75) is 71.3 Å². The molecule has 4 nitrogen and oxygen atoms in total. The van der Waals surface area contributed by atoms with Crippen molar-refractivity contribution >= 4 is 5.97 Å². The van der Waals surface area contributed by atoms with Crippen molar-refractivity contribution in [3.8, 4) is 23.0 Å². The van der Waals surface area contributed by atoms with Gasteiger partial charge >= 0.3 is 5.97 Å². The second-order valence-corrected chi connectivity index (χ2v) is 9.89. The molecule has 0 spiro atoms. The number of carboxylic acids is 1. The van der Waals surface area contributed by atoms with Gasteiger partial charge in [-0.15, -0.1) is 0 Å². The first-order chi connectivity index (χ1) is 17.3. The van der Waals surface area contributed by atoms with E-state index < -0.39 is 5.97 Å². The molecule has 1 atom stereocenters. The lowest BCUT2D eigenvalue weighted by Crippen LogP contribution is -2.26. The SMILES string of the molecule is CCC1(C#Cc2ccc(C(CC)(CC)c3ccc(-c4cncc(CC(=O)O)c4)c(C)c3)cc2C)CO1. The number of hydrogen-bond acceptors (Lipinski definition) is 3. The molecule has 1 unspecified atom stereocenters. The van der Waals surface area contributed by atoms with E-state index in [4.69, 9.17) is 9.84 Å². The number of carbonyl (C=O) groups is 1. The maximum absolute atomic E-state index is 11.1. The van der Waals surface area contributed by atoms with Gasteiger partial charge in [0.1, 0.15) is 0 Å². The molecule has 1 aliphatic heterocycles. The smallest absolute Gasteiger partial charge is 0.307 e. The fourth-order valence-corrected chi connectivity index (χ4v) is 5.16. The van der Waals surface area contributed by atoms with Gasteiger partial charge in [-0.3, -0.25) is 9.78 Å². The molecule has 1 aromatic heterocycles. The summed E-state index contributed by atoms with van der Waals surface area (Å²) in [5.74, 6) is 5.83. The minimum Gasteiger partial charge on any atom is -0.481 e. The van der Waals surface area contributed by atoms with E-state index in [0.29, 0.717) is 5.56 Å². The van der Waals surface area contributed by atoms with Crippen LogP contribution in [0.3, 0.4) is 0 Å². The summed E-state index contributed by atoms with van der Waals surface area (Å²) in [5.41, 5.74) is 8.39. The minimum atomic E-state index is -0.852. The van der Waals surface area contributed by atoms with Crippen molar-refractivity contribution in [1.29, 1.82) is 0 Å². The fraction of sp³-hybridized carbons (Fsp3) is 0.375. The Kier molecular flexibility index (Phi) is 7.33. The topological polar surface area (TPSA) is 62.7 Å². The van der Waals surface area contributed by atoms with Crippen molar-refractivity contribution in [3.05, 3.63) is 88.2 Å². The number of nitrogens with zero attached hydrogens (tertiary/aromatic N) is 1. The highest BCUT2D eigenvalue weighted by Gasteiger charge is 2.41. The van der Waals surface area contributed by atoms with Crippen LogP contribution in [0.2, 0.25) is 0 Å². The van der Waals surface area contributed by atoms with Crippen molar-refractivity contribution in [3.63, 3.8) is 0 Å². The normalized spacial score (nSPS) is 16.8. The van der Waals surface area contributed by atoms with Crippen LogP contribution in [-0.4, -0.2) is 28.3 Å². The molecule has 36 heavy (non-hydrogen) atoms. The second kappa shape index (κ2) is 10.3. The van der Waals surface area contributed by atoms with Gasteiger partial charge in [0.05, 0.1) is 13.0 Å². The van der Waals surface area contributed by atoms with E-state index in [1.165, 1.54) is 16.7 Å². The van der Waals surface area contributed by atoms with Gasteiger partial charge in [0, 0.05) is 28.9 Å². The van der Waals surface area contributed by atoms with Crippen LogP contribution >= 0.6 is 0 Å². The lowest BCUT2D eigenvalue weighted by Gasteiger charge is -2.34. The number of hydrogen-bond donors (Lipinski definition) is 1. The highest BCUT2D eigenvalue weighted by atomic mass is 16.6. The first-order valence-electron chi connectivity index (χ1n) is 12.8. The summed E-state index contributed by atoms with van der Waals surface area (Å²) >= 11 is 0. The van der Waals surface area contributed by atoms with E-state index >= 15 is 0 Å². The van der Waals surface area contributed by atoms with Gasteiger partial charge in [0.25, 0.3) is 0 Å². The molecular formula is C32H35NO3. The number of benzene rings is 2. The van der Waals surface area contributed by atoms with Gasteiger partial charge in [-0.1, -0.05) is 62.9 Å². The van der Waals surface area contributed by atoms with Crippen molar-refractivity contribution in [1.82, 2.24) is 4.98 Å². The number of aliphatic carboxylic acids is 1. The zero-order chi connectivity index (χ0) is 25.9. The van der Waals surface area contributed by atoms with Crippen molar-refractivity contribution < 1.29 is 14.6 Å². The predicted molar refractivity (Wildman–Crippen MR) is 144 cm³/mol. The highest BCUT2D eigenvalue weighted by molar-refractivity contribution is 5.72. The number of aryl methyl sites for hydroxylation is 2. The monoisotopic (exact) mass is 481 g/mol. The summed E-state index contributed by atoms with van der Waals surface area (Å²) < 4.78 is 5.55. The van der Waals surface area contributed by atoms with E-state index in [-0.39, 0.29) is 17.4 Å². The number of epoxide rings is 1. The Morgan fingerprint density at radius 2 is 1.69 bits per heavy atom. The van der Waals surface area contributed by atoms with Gasteiger partial charge in [-0.05, 0) is 78.6 Å². The lowest BCUT2D eigenvalue weighted by atomic mass is 9.69. The Morgan fingerprint density at radius 3 is 2.25 bits per heavy atom. The van der Waals surface area contributed by atoms with E-state index in [9.17, 15) is 4.79 Å². The van der Waals surface area contributed by atoms with Gasteiger partial charge in [-0.25, -0.2) is 0 Å². The van der Waals surface area contributed by atoms with Gasteiger partial charge in [0.2, 0.25) is 0 Å². The number of rotatable bonds is 8. The Bertz CT molecular complexity index is 1340. The Balaban J connectivity index is 1.69. The Hall–Kier alpha value is -3.42. The average Bonchev–Trinajstić information content (AvgIpc) is 3.65. The zero-order valence-corrected chi connectivity index (χ0v) is 21.9.